The van der Waals surface area contributed by atoms with Crippen molar-refractivity contribution in [1.29, 1.82) is 0 Å². The van der Waals surface area contributed by atoms with Crippen LogP contribution in [0.15, 0.2) is 85.5 Å². The van der Waals surface area contributed by atoms with E-state index in [1.165, 1.54) is 53.8 Å². The van der Waals surface area contributed by atoms with Crippen LogP contribution >= 0.6 is 0 Å². The molecule has 1 aliphatic carbocycles. The third kappa shape index (κ3) is 7.49. The lowest BCUT2D eigenvalue weighted by Crippen LogP contribution is -2.29. The minimum absolute atomic E-state index is 0.199. The summed E-state index contributed by atoms with van der Waals surface area (Å²) in [6, 6.07) is 22.9. The lowest BCUT2D eigenvalue weighted by atomic mass is 9.76. The van der Waals surface area contributed by atoms with Crippen LogP contribution in [0.5, 0.6) is 5.75 Å². The summed E-state index contributed by atoms with van der Waals surface area (Å²) in [5, 5.41) is 0. The van der Waals surface area contributed by atoms with Gasteiger partial charge in [-0.3, -0.25) is 0 Å². The fourth-order valence-corrected chi connectivity index (χ4v) is 4.77. The molecule has 0 heterocycles. The molecule has 3 aromatic rings. The molecule has 1 atom stereocenters. The zero-order chi connectivity index (χ0) is 26.3. The molecular formula is C32H30F4O. The quantitative estimate of drug-likeness (QED) is 0.177. The monoisotopic (exact) mass is 506 g/mol. The summed E-state index contributed by atoms with van der Waals surface area (Å²) in [5.74, 6) is 7.03. The smallest absolute Gasteiger partial charge is 0.452 e. The number of halogens is 4. The van der Waals surface area contributed by atoms with Gasteiger partial charge in [0, 0.05) is 11.1 Å². The Labute approximate surface area is 216 Å². The molecule has 0 aliphatic heterocycles. The van der Waals surface area contributed by atoms with Crippen LogP contribution in [0.1, 0.15) is 71.8 Å². The molecule has 3 aromatic carbocycles. The molecule has 0 spiro atoms. The van der Waals surface area contributed by atoms with Gasteiger partial charge in [0.15, 0.2) is 0 Å². The van der Waals surface area contributed by atoms with Gasteiger partial charge in [-0.15, -0.1) is 6.58 Å². The fraction of sp³-hybridized carbons (Fsp3) is 0.312. The minimum Gasteiger partial charge on any atom is -0.452 e. The van der Waals surface area contributed by atoms with Gasteiger partial charge in [-0.2, -0.15) is 17.6 Å². The topological polar surface area (TPSA) is 9.23 Å². The third-order valence-electron chi connectivity index (χ3n) is 6.90. The molecule has 0 saturated heterocycles. The molecule has 1 saturated carbocycles. The van der Waals surface area contributed by atoms with Gasteiger partial charge in [-0.25, -0.2) is 0 Å². The van der Waals surface area contributed by atoms with Crippen LogP contribution < -0.4 is 4.74 Å². The van der Waals surface area contributed by atoms with Gasteiger partial charge in [-0.05, 0) is 103 Å². The Morgan fingerprint density at radius 1 is 0.784 bits per heavy atom. The van der Waals surface area contributed by atoms with Gasteiger partial charge in [0.05, 0.1) is 0 Å². The average Bonchev–Trinajstić information content (AvgIpc) is 2.92. The highest BCUT2D eigenvalue weighted by atomic mass is 19.4. The van der Waals surface area contributed by atoms with Gasteiger partial charge in [0.1, 0.15) is 5.75 Å². The number of hydrogen-bond acceptors (Lipinski definition) is 1. The third-order valence-corrected chi connectivity index (χ3v) is 6.90. The van der Waals surface area contributed by atoms with Gasteiger partial charge in [0.25, 0.3) is 0 Å². The average molecular weight is 507 g/mol. The van der Waals surface area contributed by atoms with E-state index in [0.717, 1.165) is 31.2 Å². The van der Waals surface area contributed by atoms with Crippen molar-refractivity contribution in [1.82, 2.24) is 0 Å². The van der Waals surface area contributed by atoms with Crippen molar-refractivity contribution in [3.05, 3.63) is 113 Å². The normalized spacial score (nSPS) is 18.4. The number of rotatable bonds is 7. The molecule has 0 aromatic heterocycles. The van der Waals surface area contributed by atoms with Gasteiger partial charge < -0.3 is 4.74 Å². The van der Waals surface area contributed by atoms with Crippen molar-refractivity contribution in [3.8, 4) is 17.6 Å². The molecular weight excluding hydrogens is 476 g/mol. The van der Waals surface area contributed by atoms with E-state index in [9.17, 15) is 17.6 Å². The van der Waals surface area contributed by atoms with E-state index < -0.39 is 12.5 Å². The highest BCUT2D eigenvalue weighted by Gasteiger charge is 2.42. The van der Waals surface area contributed by atoms with Crippen LogP contribution in [0.25, 0.3) is 0 Å². The molecule has 1 aliphatic rings. The first-order chi connectivity index (χ1) is 17.8. The molecule has 1 fully saturated rings. The lowest BCUT2D eigenvalue weighted by molar-refractivity contribution is -0.236. The van der Waals surface area contributed by atoms with E-state index in [2.05, 4.69) is 59.6 Å². The second-order valence-corrected chi connectivity index (χ2v) is 9.49. The van der Waals surface area contributed by atoms with Crippen molar-refractivity contribution < 1.29 is 22.3 Å². The number of allylic oxidation sites excluding steroid dienone is 1. The van der Waals surface area contributed by atoms with Crippen molar-refractivity contribution in [2.24, 2.45) is 0 Å². The maximum Gasteiger partial charge on any atom is 0.457 e. The van der Waals surface area contributed by atoms with E-state index in [-0.39, 0.29) is 5.75 Å². The number of hydrogen-bond donors (Lipinski definition) is 0. The molecule has 1 nitrogen and oxygen atoms in total. The molecule has 37 heavy (non-hydrogen) atoms. The van der Waals surface area contributed by atoms with Crippen molar-refractivity contribution in [2.45, 2.75) is 62.9 Å². The number of aryl methyl sites for hydroxylation is 1. The van der Waals surface area contributed by atoms with Gasteiger partial charge >= 0.3 is 12.5 Å². The molecule has 5 heteroatoms. The van der Waals surface area contributed by atoms with Crippen LogP contribution in [-0.4, -0.2) is 12.5 Å². The first-order valence-electron chi connectivity index (χ1n) is 12.6. The summed E-state index contributed by atoms with van der Waals surface area (Å²) < 4.78 is 54.1. The maximum absolute atomic E-state index is 13.0. The Morgan fingerprint density at radius 3 is 1.70 bits per heavy atom. The summed E-state index contributed by atoms with van der Waals surface area (Å²) in [7, 11) is 0. The van der Waals surface area contributed by atoms with Gasteiger partial charge in [0.2, 0.25) is 0 Å². The summed E-state index contributed by atoms with van der Waals surface area (Å²) >= 11 is 0. The summed E-state index contributed by atoms with van der Waals surface area (Å²) in [6.07, 6.45) is 0.303. The van der Waals surface area contributed by atoms with Crippen LogP contribution in [-0.2, 0) is 6.42 Å². The maximum atomic E-state index is 13.0. The Bertz CT molecular complexity index is 1210. The minimum atomic E-state index is -5.05. The van der Waals surface area contributed by atoms with Crippen LogP contribution in [0, 0.1) is 11.8 Å². The largest absolute Gasteiger partial charge is 0.457 e. The highest BCUT2D eigenvalue weighted by Crippen LogP contribution is 2.40. The highest BCUT2D eigenvalue weighted by molar-refractivity contribution is 5.45. The van der Waals surface area contributed by atoms with E-state index in [1.807, 2.05) is 18.2 Å². The van der Waals surface area contributed by atoms with Crippen LogP contribution in [0.4, 0.5) is 17.6 Å². The van der Waals surface area contributed by atoms with E-state index in [4.69, 9.17) is 0 Å². The molecule has 1 unspecified atom stereocenters. The van der Waals surface area contributed by atoms with Crippen LogP contribution in [0.3, 0.4) is 0 Å². The van der Waals surface area contributed by atoms with Crippen molar-refractivity contribution in [3.63, 3.8) is 0 Å². The molecule has 0 N–H and O–H groups in total. The zero-order valence-corrected chi connectivity index (χ0v) is 20.6. The first-order valence-corrected chi connectivity index (χ1v) is 12.6. The van der Waals surface area contributed by atoms with Crippen LogP contribution in [0.2, 0.25) is 0 Å². The molecule has 4 rings (SSSR count). The molecule has 0 radical (unpaired) electrons. The lowest BCUT2D eigenvalue weighted by Gasteiger charge is -2.29. The first kappa shape index (κ1) is 26.5. The van der Waals surface area contributed by atoms with E-state index in [0.29, 0.717) is 17.4 Å². The number of ether oxygens (including phenoxy) is 1. The van der Waals surface area contributed by atoms with Crippen molar-refractivity contribution >= 4 is 0 Å². The Kier molecular flexibility index (Phi) is 8.71. The summed E-state index contributed by atoms with van der Waals surface area (Å²) in [4.78, 5) is 0. The predicted molar refractivity (Wildman–Crippen MR) is 139 cm³/mol. The number of benzene rings is 3. The predicted octanol–water partition coefficient (Wildman–Crippen LogP) is 8.88. The molecule has 0 bridgehead atoms. The van der Waals surface area contributed by atoms with E-state index >= 15 is 0 Å². The molecule has 192 valence electrons. The number of alkyl halides is 4. The Balaban J connectivity index is 1.29. The Morgan fingerprint density at radius 2 is 1.24 bits per heavy atom. The van der Waals surface area contributed by atoms with E-state index in [1.54, 1.807) is 0 Å². The second-order valence-electron chi connectivity index (χ2n) is 9.49. The standard InChI is InChI=1S/C32H30F4O/c1-2-3-4-23-7-13-26(14-8-23)28-17-19-29(20-18-28)27-15-9-24(10-16-27)5-6-25-11-21-30(22-12-25)37-31(33)32(34,35)36/h2,7-16,21-22,28-29,31H,1,3-4,17-20H2. The SMILES string of the molecule is C=CCCc1ccc(C2CCC(c3ccc(C#Cc4ccc(OC(F)C(F)(F)F)cc4)cc3)CC2)cc1. The second kappa shape index (κ2) is 12.1. The zero-order valence-electron chi connectivity index (χ0n) is 20.6. The molecule has 0 amide bonds. The summed E-state index contributed by atoms with van der Waals surface area (Å²) in [5.41, 5.74) is 5.59. The summed E-state index contributed by atoms with van der Waals surface area (Å²) in [6.45, 7) is 3.79. The Hall–Kier alpha value is -3.52. The van der Waals surface area contributed by atoms with Gasteiger partial charge in [-0.1, -0.05) is 54.3 Å². The van der Waals surface area contributed by atoms with Crippen molar-refractivity contribution in [2.75, 3.05) is 0 Å². The fourth-order valence-electron chi connectivity index (χ4n) is 4.77.